The first-order valence-electron chi connectivity index (χ1n) is 9.06. The van der Waals surface area contributed by atoms with Crippen molar-refractivity contribution in [1.82, 2.24) is 5.32 Å². The largest absolute Gasteiger partial charge is 0.307 e. The molecule has 2 aliphatic carbocycles. The van der Waals surface area contributed by atoms with Crippen molar-refractivity contribution in [3.05, 3.63) is 35.4 Å². The fourth-order valence-corrected chi connectivity index (χ4v) is 4.51. The summed E-state index contributed by atoms with van der Waals surface area (Å²) in [7, 11) is 0. The lowest BCUT2D eigenvalue weighted by Crippen LogP contribution is -2.37. The van der Waals surface area contributed by atoms with Gasteiger partial charge in [0, 0.05) is 12.1 Å². The van der Waals surface area contributed by atoms with E-state index in [0.29, 0.717) is 6.04 Å². The van der Waals surface area contributed by atoms with Crippen molar-refractivity contribution >= 4 is 0 Å². The van der Waals surface area contributed by atoms with Gasteiger partial charge < -0.3 is 5.32 Å². The van der Waals surface area contributed by atoms with E-state index in [1.54, 1.807) is 0 Å². The fraction of sp³-hybridized carbons (Fsp3) is 0.700. The van der Waals surface area contributed by atoms with Gasteiger partial charge in [-0.2, -0.15) is 0 Å². The van der Waals surface area contributed by atoms with Gasteiger partial charge >= 0.3 is 0 Å². The van der Waals surface area contributed by atoms with Gasteiger partial charge in [0.1, 0.15) is 0 Å². The van der Waals surface area contributed by atoms with Crippen LogP contribution in [0.5, 0.6) is 0 Å². The van der Waals surface area contributed by atoms with E-state index in [1.165, 1.54) is 62.5 Å². The van der Waals surface area contributed by atoms with Crippen molar-refractivity contribution in [2.45, 2.75) is 83.7 Å². The third-order valence-corrected chi connectivity index (χ3v) is 6.08. The summed E-state index contributed by atoms with van der Waals surface area (Å²) in [5, 5.41) is 3.88. The van der Waals surface area contributed by atoms with Crippen molar-refractivity contribution in [2.75, 3.05) is 0 Å². The summed E-state index contributed by atoms with van der Waals surface area (Å²) in [6.45, 7) is 4.54. The Morgan fingerprint density at radius 3 is 2.24 bits per heavy atom. The van der Waals surface area contributed by atoms with Crippen LogP contribution in [0.3, 0.4) is 0 Å². The predicted molar refractivity (Wildman–Crippen MR) is 90.5 cm³/mol. The van der Waals surface area contributed by atoms with Gasteiger partial charge in [0.25, 0.3) is 0 Å². The SMILES string of the molecule is CCc1ccc(C(C)NC2CCC3(CCCC3)CC2)cc1. The minimum Gasteiger partial charge on any atom is -0.307 e. The first kappa shape index (κ1) is 15.1. The number of aryl methyl sites for hydroxylation is 1. The van der Waals surface area contributed by atoms with E-state index in [-0.39, 0.29) is 0 Å². The summed E-state index contributed by atoms with van der Waals surface area (Å²) in [4.78, 5) is 0. The maximum absolute atomic E-state index is 3.88. The van der Waals surface area contributed by atoms with Crippen molar-refractivity contribution in [3.63, 3.8) is 0 Å². The third kappa shape index (κ3) is 3.51. The first-order valence-corrected chi connectivity index (χ1v) is 9.06. The lowest BCUT2D eigenvalue weighted by atomic mass is 9.71. The highest BCUT2D eigenvalue weighted by molar-refractivity contribution is 5.24. The second-order valence-electron chi connectivity index (χ2n) is 7.46. The van der Waals surface area contributed by atoms with Gasteiger partial charge in [-0.3, -0.25) is 0 Å². The number of benzene rings is 1. The van der Waals surface area contributed by atoms with E-state index in [2.05, 4.69) is 43.4 Å². The molecule has 1 atom stereocenters. The summed E-state index contributed by atoms with van der Waals surface area (Å²) in [5.41, 5.74) is 3.63. The van der Waals surface area contributed by atoms with Crippen molar-refractivity contribution < 1.29 is 0 Å². The highest BCUT2D eigenvalue weighted by Gasteiger charge is 2.37. The molecule has 21 heavy (non-hydrogen) atoms. The molecule has 2 aliphatic rings. The van der Waals surface area contributed by atoms with Crippen molar-refractivity contribution in [2.24, 2.45) is 5.41 Å². The van der Waals surface area contributed by atoms with Crippen molar-refractivity contribution in [3.8, 4) is 0 Å². The maximum Gasteiger partial charge on any atom is 0.0294 e. The van der Waals surface area contributed by atoms with Gasteiger partial charge in [-0.25, -0.2) is 0 Å². The summed E-state index contributed by atoms with van der Waals surface area (Å²) in [6, 6.07) is 10.4. The van der Waals surface area contributed by atoms with Crippen LogP contribution in [0.1, 0.15) is 82.4 Å². The molecule has 0 saturated heterocycles. The molecule has 0 heterocycles. The van der Waals surface area contributed by atoms with E-state index < -0.39 is 0 Å². The first-order chi connectivity index (χ1) is 10.2. The molecule has 1 N–H and O–H groups in total. The van der Waals surface area contributed by atoms with Crippen LogP contribution in [0.25, 0.3) is 0 Å². The molecule has 1 heteroatoms. The second-order valence-corrected chi connectivity index (χ2v) is 7.46. The van der Waals surface area contributed by atoms with Crippen LogP contribution in [0.15, 0.2) is 24.3 Å². The fourth-order valence-electron chi connectivity index (χ4n) is 4.51. The molecular formula is C20H31N. The zero-order chi connectivity index (χ0) is 14.7. The normalized spacial score (nSPS) is 23.5. The molecule has 1 nitrogen and oxygen atoms in total. The molecule has 116 valence electrons. The molecule has 0 amide bonds. The monoisotopic (exact) mass is 285 g/mol. The van der Waals surface area contributed by atoms with Crippen LogP contribution < -0.4 is 5.32 Å². The van der Waals surface area contributed by atoms with Crippen LogP contribution >= 0.6 is 0 Å². The lowest BCUT2D eigenvalue weighted by molar-refractivity contribution is 0.164. The minimum atomic E-state index is 0.485. The van der Waals surface area contributed by atoms with Gasteiger partial charge in [-0.05, 0) is 68.4 Å². The number of hydrogen-bond acceptors (Lipinski definition) is 1. The van der Waals surface area contributed by atoms with Gasteiger partial charge in [0.15, 0.2) is 0 Å². The van der Waals surface area contributed by atoms with E-state index in [0.717, 1.165) is 17.9 Å². The average molecular weight is 285 g/mol. The Kier molecular flexibility index (Phi) is 4.69. The van der Waals surface area contributed by atoms with Gasteiger partial charge in [0.2, 0.25) is 0 Å². The molecule has 0 aliphatic heterocycles. The molecule has 0 bridgehead atoms. The standard InChI is InChI=1S/C20H31N/c1-3-17-6-8-18(9-7-17)16(2)21-19-10-14-20(15-11-19)12-4-5-13-20/h6-9,16,19,21H,3-5,10-15H2,1-2H3. The molecule has 2 saturated carbocycles. The minimum absolute atomic E-state index is 0.485. The zero-order valence-corrected chi connectivity index (χ0v) is 13.8. The molecule has 2 fully saturated rings. The predicted octanol–water partition coefficient (Wildman–Crippen LogP) is 5.40. The van der Waals surface area contributed by atoms with Crippen LogP contribution in [-0.4, -0.2) is 6.04 Å². The Labute approximate surface area is 130 Å². The molecule has 1 aromatic rings. The van der Waals surface area contributed by atoms with Crippen LogP contribution in [0.4, 0.5) is 0 Å². The second kappa shape index (κ2) is 6.52. The highest BCUT2D eigenvalue weighted by Crippen LogP contribution is 2.49. The molecule has 0 radical (unpaired) electrons. The number of nitrogens with one attached hydrogen (secondary N) is 1. The van der Waals surface area contributed by atoms with Crippen molar-refractivity contribution in [1.29, 1.82) is 0 Å². The molecule has 1 aromatic carbocycles. The lowest BCUT2D eigenvalue weighted by Gasteiger charge is -2.38. The van der Waals surface area contributed by atoms with Gasteiger partial charge in [-0.15, -0.1) is 0 Å². The summed E-state index contributed by atoms with van der Waals surface area (Å²) >= 11 is 0. The van der Waals surface area contributed by atoms with Crippen LogP contribution in [0, 0.1) is 5.41 Å². The van der Waals surface area contributed by atoms with Crippen LogP contribution in [0.2, 0.25) is 0 Å². The highest BCUT2D eigenvalue weighted by atomic mass is 14.9. The number of rotatable bonds is 4. The summed E-state index contributed by atoms with van der Waals surface area (Å²) in [5.74, 6) is 0. The average Bonchev–Trinajstić information content (AvgIpc) is 2.98. The zero-order valence-electron chi connectivity index (χ0n) is 13.8. The van der Waals surface area contributed by atoms with Gasteiger partial charge in [-0.1, -0.05) is 44.0 Å². The molecule has 0 aromatic heterocycles. The third-order valence-electron chi connectivity index (χ3n) is 6.08. The Bertz CT molecular complexity index is 431. The van der Waals surface area contributed by atoms with E-state index in [4.69, 9.17) is 0 Å². The smallest absolute Gasteiger partial charge is 0.0294 e. The molecule has 1 unspecified atom stereocenters. The van der Waals surface area contributed by atoms with Gasteiger partial charge in [0.05, 0.1) is 0 Å². The Hall–Kier alpha value is -0.820. The van der Waals surface area contributed by atoms with Crippen LogP contribution in [-0.2, 0) is 6.42 Å². The Balaban J connectivity index is 1.52. The van der Waals surface area contributed by atoms with E-state index in [9.17, 15) is 0 Å². The summed E-state index contributed by atoms with van der Waals surface area (Å²) in [6.07, 6.45) is 12.8. The molecule has 3 rings (SSSR count). The number of hydrogen-bond donors (Lipinski definition) is 1. The topological polar surface area (TPSA) is 12.0 Å². The Morgan fingerprint density at radius 2 is 1.67 bits per heavy atom. The van der Waals surface area contributed by atoms with E-state index in [1.807, 2.05) is 0 Å². The molecule has 1 spiro atoms. The molecular weight excluding hydrogens is 254 g/mol. The Morgan fingerprint density at radius 1 is 1.05 bits per heavy atom. The maximum atomic E-state index is 3.88. The van der Waals surface area contributed by atoms with E-state index >= 15 is 0 Å². The summed E-state index contributed by atoms with van der Waals surface area (Å²) < 4.78 is 0. The quantitative estimate of drug-likeness (QED) is 0.780.